The van der Waals surface area contributed by atoms with Crippen molar-refractivity contribution in [3.63, 3.8) is 0 Å². The van der Waals surface area contributed by atoms with Gasteiger partial charge in [-0.3, -0.25) is 4.79 Å². The fourth-order valence-corrected chi connectivity index (χ4v) is 3.84. The first-order valence-corrected chi connectivity index (χ1v) is 9.33. The molecule has 2 aliphatic rings. The van der Waals surface area contributed by atoms with Crippen molar-refractivity contribution in [2.45, 2.75) is 38.1 Å². The van der Waals surface area contributed by atoms with Gasteiger partial charge >= 0.3 is 0 Å². The summed E-state index contributed by atoms with van der Waals surface area (Å²) in [6.07, 6.45) is 8.98. The van der Waals surface area contributed by atoms with Gasteiger partial charge in [0, 0.05) is 17.8 Å². The zero-order valence-electron chi connectivity index (χ0n) is 14.9. The average Bonchev–Trinajstić information content (AvgIpc) is 3.34. The highest BCUT2D eigenvalue weighted by Gasteiger charge is 2.21. The van der Waals surface area contributed by atoms with Crippen LogP contribution in [0.2, 0.25) is 0 Å². The molecule has 3 heterocycles. The number of fused-ring (bicyclic) bond motifs is 2. The smallest absolute Gasteiger partial charge is 0.256 e. The van der Waals surface area contributed by atoms with Crippen molar-refractivity contribution in [2.75, 3.05) is 6.79 Å². The first kappa shape index (κ1) is 16.1. The molecule has 1 N–H and O–H groups in total. The Labute approximate surface area is 156 Å². The zero-order valence-corrected chi connectivity index (χ0v) is 14.9. The van der Waals surface area contributed by atoms with Crippen molar-refractivity contribution in [1.29, 1.82) is 0 Å². The number of aromatic nitrogens is 3. The van der Waals surface area contributed by atoms with Crippen molar-refractivity contribution in [3.05, 3.63) is 42.2 Å². The van der Waals surface area contributed by atoms with E-state index in [4.69, 9.17) is 9.47 Å². The standard InChI is InChI=1S/C20H20N4O3/c25-20(23-14-4-2-1-3-5-14)15-11-22-24-16(8-9-21-19(15)24)13-6-7-17-18(10-13)27-12-26-17/h6-11,14H,1-5,12H2,(H,23,25). The van der Waals surface area contributed by atoms with Crippen LogP contribution in [0.4, 0.5) is 0 Å². The third-order valence-corrected chi connectivity index (χ3v) is 5.25. The summed E-state index contributed by atoms with van der Waals surface area (Å²) < 4.78 is 12.5. The van der Waals surface area contributed by atoms with Crippen LogP contribution < -0.4 is 14.8 Å². The number of hydrogen-bond acceptors (Lipinski definition) is 5. The van der Waals surface area contributed by atoms with E-state index in [1.165, 1.54) is 19.3 Å². The normalized spacial score (nSPS) is 16.6. The molecule has 2 aromatic heterocycles. The second-order valence-electron chi connectivity index (χ2n) is 7.00. The van der Waals surface area contributed by atoms with Gasteiger partial charge in [-0.2, -0.15) is 5.10 Å². The van der Waals surface area contributed by atoms with Crippen LogP contribution in [-0.4, -0.2) is 33.3 Å². The van der Waals surface area contributed by atoms with Crippen LogP contribution in [-0.2, 0) is 0 Å². The molecule has 1 aromatic carbocycles. The molecule has 1 aliphatic carbocycles. The summed E-state index contributed by atoms with van der Waals surface area (Å²) in [5.74, 6) is 1.34. The molecule has 7 nitrogen and oxygen atoms in total. The highest BCUT2D eigenvalue weighted by molar-refractivity contribution is 6.00. The van der Waals surface area contributed by atoms with Gasteiger partial charge in [0.15, 0.2) is 17.1 Å². The van der Waals surface area contributed by atoms with E-state index in [0.717, 1.165) is 29.8 Å². The number of nitrogens with one attached hydrogen (secondary N) is 1. The Balaban J connectivity index is 1.48. The molecule has 0 spiro atoms. The molecule has 7 heteroatoms. The maximum absolute atomic E-state index is 12.7. The molecule has 0 radical (unpaired) electrons. The predicted molar refractivity (Wildman–Crippen MR) is 98.9 cm³/mol. The van der Waals surface area contributed by atoms with E-state index >= 15 is 0 Å². The van der Waals surface area contributed by atoms with Crippen molar-refractivity contribution in [1.82, 2.24) is 19.9 Å². The summed E-state index contributed by atoms with van der Waals surface area (Å²) >= 11 is 0. The monoisotopic (exact) mass is 364 g/mol. The summed E-state index contributed by atoms with van der Waals surface area (Å²) in [6, 6.07) is 7.87. The molecular weight excluding hydrogens is 344 g/mol. The van der Waals surface area contributed by atoms with Gasteiger partial charge in [0.2, 0.25) is 6.79 Å². The maximum Gasteiger partial charge on any atom is 0.256 e. The third-order valence-electron chi connectivity index (χ3n) is 5.25. The Morgan fingerprint density at radius 2 is 1.96 bits per heavy atom. The van der Waals surface area contributed by atoms with Gasteiger partial charge in [-0.15, -0.1) is 0 Å². The Morgan fingerprint density at radius 3 is 2.85 bits per heavy atom. The van der Waals surface area contributed by atoms with E-state index in [0.29, 0.717) is 17.0 Å². The Morgan fingerprint density at radius 1 is 1.11 bits per heavy atom. The van der Waals surface area contributed by atoms with Gasteiger partial charge in [-0.1, -0.05) is 19.3 Å². The van der Waals surface area contributed by atoms with Gasteiger partial charge in [0.05, 0.1) is 11.9 Å². The van der Waals surface area contributed by atoms with E-state index < -0.39 is 0 Å². The zero-order chi connectivity index (χ0) is 18.2. The van der Waals surface area contributed by atoms with Crippen molar-refractivity contribution >= 4 is 11.6 Å². The number of nitrogens with zero attached hydrogens (tertiary/aromatic N) is 3. The van der Waals surface area contributed by atoms with Gasteiger partial charge in [0.1, 0.15) is 5.56 Å². The third kappa shape index (κ3) is 2.89. The first-order chi connectivity index (χ1) is 13.3. The minimum absolute atomic E-state index is 0.104. The number of rotatable bonds is 3. The lowest BCUT2D eigenvalue weighted by molar-refractivity contribution is 0.0929. The molecule has 0 bridgehead atoms. The van der Waals surface area contributed by atoms with Crippen LogP contribution >= 0.6 is 0 Å². The number of carbonyl (C=O) groups is 1. The lowest BCUT2D eigenvalue weighted by atomic mass is 9.95. The number of amides is 1. The summed E-state index contributed by atoms with van der Waals surface area (Å²) in [5.41, 5.74) is 2.82. The predicted octanol–water partition coefficient (Wildman–Crippen LogP) is 3.19. The molecule has 1 fully saturated rings. The van der Waals surface area contributed by atoms with E-state index in [1.807, 2.05) is 24.3 Å². The molecule has 0 saturated heterocycles. The van der Waals surface area contributed by atoms with Crippen molar-refractivity contribution < 1.29 is 14.3 Å². The van der Waals surface area contributed by atoms with E-state index in [2.05, 4.69) is 15.4 Å². The quantitative estimate of drug-likeness (QED) is 0.772. The number of carbonyl (C=O) groups excluding carboxylic acids is 1. The van der Waals surface area contributed by atoms with E-state index in [1.54, 1.807) is 16.9 Å². The Bertz CT molecular complexity index is 1010. The molecule has 1 aliphatic heterocycles. The molecular formula is C20H20N4O3. The van der Waals surface area contributed by atoms with Gasteiger partial charge < -0.3 is 14.8 Å². The second kappa shape index (κ2) is 6.57. The van der Waals surface area contributed by atoms with Crippen molar-refractivity contribution in [2.24, 2.45) is 0 Å². The van der Waals surface area contributed by atoms with Crippen LogP contribution in [0.15, 0.2) is 36.7 Å². The van der Waals surface area contributed by atoms with Crippen LogP contribution in [0.5, 0.6) is 11.5 Å². The lowest BCUT2D eigenvalue weighted by Crippen LogP contribution is -2.36. The number of benzene rings is 1. The second-order valence-corrected chi connectivity index (χ2v) is 7.00. The van der Waals surface area contributed by atoms with Crippen LogP contribution in [0.25, 0.3) is 16.9 Å². The van der Waals surface area contributed by atoms with Crippen LogP contribution in [0, 0.1) is 0 Å². The largest absolute Gasteiger partial charge is 0.454 e. The molecule has 5 rings (SSSR count). The van der Waals surface area contributed by atoms with Gasteiger partial charge in [-0.25, -0.2) is 9.50 Å². The van der Waals surface area contributed by atoms with Gasteiger partial charge in [0.25, 0.3) is 5.91 Å². The molecule has 3 aromatic rings. The molecule has 1 saturated carbocycles. The summed E-state index contributed by atoms with van der Waals surface area (Å²) in [5, 5.41) is 7.56. The van der Waals surface area contributed by atoms with E-state index in [9.17, 15) is 4.79 Å². The molecule has 0 unspecified atom stereocenters. The average molecular weight is 364 g/mol. The fourth-order valence-electron chi connectivity index (χ4n) is 3.84. The highest BCUT2D eigenvalue weighted by atomic mass is 16.7. The van der Waals surface area contributed by atoms with E-state index in [-0.39, 0.29) is 18.7 Å². The number of hydrogen-bond donors (Lipinski definition) is 1. The minimum Gasteiger partial charge on any atom is -0.454 e. The minimum atomic E-state index is -0.104. The highest BCUT2D eigenvalue weighted by Crippen LogP contribution is 2.35. The molecule has 0 atom stereocenters. The topological polar surface area (TPSA) is 77.8 Å². The van der Waals surface area contributed by atoms with Gasteiger partial charge in [-0.05, 0) is 37.1 Å². The first-order valence-electron chi connectivity index (χ1n) is 9.33. The Hall–Kier alpha value is -3.09. The SMILES string of the molecule is O=C(NC1CCCCC1)c1cnn2c(-c3ccc4c(c3)OCO4)ccnc12. The van der Waals surface area contributed by atoms with Crippen molar-refractivity contribution in [3.8, 4) is 22.8 Å². The Kier molecular flexibility index (Phi) is 3.92. The summed E-state index contributed by atoms with van der Waals surface area (Å²) in [7, 11) is 0. The van der Waals surface area contributed by atoms with Crippen LogP contribution in [0.3, 0.4) is 0 Å². The summed E-state index contributed by atoms with van der Waals surface area (Å²) in [4.78, 5) is 17.1. The van der Waals surface area contributed by atoms with Crippen LogP contribution in [0.1, 0.15) is 42.5 Å². The molecule has 138 valence electrons. The fraction of sp³-hybridized carbons (Fsp3) is 0.350. The number of ether oxygens (including phenoxy) is 2. The molecule has 1 amide bonds. The summed E-state index contributed by atoms with van der Waals surface area (Å²) in [6.45, 7) is 0.234. The maximum atomic E-state index is 12.7. The molecule has 27 heavy (non-hydrogen) atoms. The lowest BCUT2D eigenvalue weighted by Gasteiger charge is -2.22.